The van der Waals surface area contributed by atoms with Gasteiger partial charge in [0, 0.05) is 28.8 Å². The summed E-state index contributed by atoms with van der Waals surface area (Å²) in [4.78, 5) is 17.4. The van der Waals surface area contributed by atoms with E-state index in [9.17, 15) is 4.79 Å². The van der Waals surface area contributed by atoms with Gasteiger partial charge in [0.2, 0.25) is 5.91 Å². The van der Waals surface area contributed by atoms with E-state index >= 15 is 0 Å². The molecule has 4 heteroatoms. The lowest BCUT2D eigenvalue weighted by molar-refractivity contribution is -0.132. The first-order valence-electron chi connectivity index (χ1n) is 8.81. The first-order valence-corrected chi connectivity index (χ1v) is 9.63. The number of hydrogen-bond acceptors (Lipinski definition) is 3. The van der Waals surface area contributed by atoms with Crippen LogP contribution in [0.1, 0.15) is 34.6 Å². The number of carbonyl (C=O) groups excluding carboxylic acids is 1. The molecule has 1 atom stereocenters. The van der Waals surface area contributed by atoms with Gasteiger partial charge < -0.3 is 10.2 Å². The van der Waals surface area contributed by atoms with Crippen molar-refractivity contribution >= 4 is 17.2 Å². The van der Waals surface area contributed by atoms with Crippen molar-refractivity contribution in [3.8, 4) is 0 Å². The van der Waals surface area contributed by atoms with Gasteiger partial charge in [-0.25, -0.2) is 0 Å². The quantitative estimate of drug-likeness (QED) is 0.831. The summed E-state index contributed by atoms with van der Waals surface area (Å²) in [6.07, 6.45) is 3.84. The van der Waals surface area contributed by atoms with Gasteiger partial charge in [-0.2, -0.15) is 0 Å². The molecule has 1 aromatic heterocycles. The molecule has 1 saturated heterocycles. The Labute approximate surface area is 148 Å². The highest BCUT2D eigenvalue weighted by atomic mass is 32.1. The van der Waals surface area contributed by atoms with Gasteiger partial charge >= 0.3 is 0 Å². The third-order valence-corrected chi connectivity index (χ3v) is 5.58. The van der Waals surface area contributed by atoms with Crippen LogP contribution in [0.4, 0.5) is 0 Å². The maximum Gasteiger partial charge on any atom is 0.224 e. The van der Waals surface area contributed by atoms with Crippen molar-refractivity contribution in [1.29, 1.82) is 0 Å². The summed E-state index contributed by atoms with van der Waals surface area (Å²) in [6, 6.07) is 15.1. The van der Waals surface area contributed by atoms with Crippen molar-refractivity contribution in [3.63, 3.8) is 0 Å². The molecule has 3 nitrogen and oxygen atoms in total. The number of rotatable bonds is 7. The van der Waals surface area contributed by atoms with E-state index in [0.717, 1.165) is 32.5 Å². The fraction of sp³-hybridized carbons (Fsp3) is 0.450. The van der Waals surface area contributed by atoms with E-state index in [-0.39, 0.29) is 5.91 Å². The fourth-order valence-corrected chi connectivity index (χ4v) is 4.14. The van der Waals surface area contributed by atoms with Gasteiger partial charge in [-0.05, 0) is 50.4 Å². The van der Waals surface area contributed by atoms with E-state index in [0.29, 0.717) is 12.5 Å². The summed E-state index contributed by atoms with van der Waals surface area (Å²) in [5.74, 6) is 0.274. The molecule has 128 valence electrons. The van der Waals surface area contributed by atoms with E-state index in [4.69, 9.17) is 0 Å². The largest absolute Gasteiger partial charge is 0.337 e. The van der Waals surface area contributed by atoms with Gasteiger partial charge in [0.15, 0.2) is 0 Å². The second kappa shape index (κ2) is 8.45. The van der Waals surface area contributed by atoms with Crippen molar-refractivity contribution < 1.29 is 4.79 Å². The van der Waals surface area contributed by atoms with Crippen molar-refractivity contribution in [3.05, 3.63) is 57.8 Å². The van der Waals surface area contributed by atoms with Crippen LogP contribution in [0.25, 0.3) is 0 Å². The highest BCUT2D eigenvalue weighted by Crippen LogP contribution is 2.19. The van der Waals surface area contributed by atoms with Gasteiger partial charge in [0.1, 0.15) is 0 Å². The lowest BCUT2D eigenvalue weighted by Crippen LogP contribution is -2.36. The van der Waals surface area contributed by atoms with Crippen molar-refractivity contribution in [2.24, 2.45) is 0 Å². The lowest BCUT2D eigenvalue weighted by atomic mass is 10.1. The standard InChI is InChI=1S/C20H26N2OS/c1-16-9-10-19(24-16)15-22(13-11-17-6-3-2-4-7-17)20(23)14-18-8-5-12-21-18/h2-4,6-7,9-10,18,21H,5,8,11-15H2,1H3. The van der Waals surface area contributed by atoms with E-state index in [1.165, 1.54) is 21.7 Å². The molecule has 0 spiro atoms. The Morgan fingerprint density at radius 1 is 1.25 bits per heavy atom. The van der Waals surface area contributed by atoms with Crippen LogP contribution in [0.3, 0.4) is 0 Å². The summed E-state index contributed by atoms with van der Waals surface area (Å²) in [5, 5.41) is 3.44. The smallest absolute Gasteiger partial charge is 0.224 e. The van der Waals surface area contributed by atoms with Crippen LogP contribution in [0, 0.1) is 6.92 Å². The third kappa shape index (κ3) is 4.92. The van der Waals surface area contributed by atoms with Gasteiger partial charge in [-0.3, -0.25) is 4.79 Å². The molecule has 1 unspecified atom stereocenters. The SMILES string of the molecule is Cc1ccc(CN(CCc2ccccc2)C(=O)CC2CCCN2)s1. The van der Waals surface area contributed by atoms with Crippen LogP contribution in [0.2, 0.25) is 0 Å². The Hall–Kier alpha value is -1.65. The van der Waals surface area contributed by atoms with Crippen molar-refractivity contribution in [2.45, 2.75) is 45.2 Å². The molecule has 1 fully saturated rings. The predicted octanol–water partition coefficient (Wildman–Crippen LogP) is 3.77. The number of amides is 1. The maximum absolute atomic E-state index is 12.8. The molecule has 1 aliphatic heterocycles. The summed E-state index contributed by atoms with van der Waals surface area (Å²) in [5.41, 5.74) is 1.29. The molecule has 0 saturated carbocycles. The van der Waals surface area contributed by atoms with Crippen LogP contribution in [-0.2, 0) is 17.8 Å². The van der Waals surface area contributed by atoms with Crippen LogP contribution < -0.4 is 5.32 Å². The topological polar surface area (TPSA) is 32.3 Å². The Morgan fingerprint density at radius 2 is 2.08 bits per heavy atom. The van der Waals surface area contributed by atoms with E-state index in [1.54, 1.807) is 11.3 Å². The zero-order valence-corrected chi connectivity index (χ0v) is 15.1. The summed E-state index contributed by atoms with van der Waals surface area (Å²) in [6.45, 7) is 4.68. The van der Waals surface area contributed by atoms with Gasteiger partial charge in [-0.15, -0.1) is 11.3 Å². The van der Waals surface area contributed by atoms with Gasteiger partial charge in [0.05, 0.1) is 6.54 Å². The first-order chi connectivity index (χ1) is 11.7. The lowest BCUT2D eigenvalue weighted by Gasteiger charge is -2.24. The number of nitrogens with one attached hydrogen (secondary N) is 1. The molecule has 2 heterocycles. The Kier molecular flexibility index (Phi) is 6.05. The summed E-state index contributed by atoms with van der Waals surface area (Å²) < 4.78 is 0. The second-order valence-electron chi connectivity index (χ2n) is 6.56. The third-order valence-electron chi connectivity index (χ3n) is 4.59. The zero-order valence-electron chi connectivity index (χ0n) is 14.3. The number of aryl methyl sites for hydroxylation is 1. The van der Waals surface area contributed by atoms with E-state index < -0.39 is 0 Å². The minimum atomic E-state index is 0.274. The summed E-state index contributed by atoms with van der Waals surface area (Å²) in [7, 11) is 0. The molecule has 1 amide bonds. The van der Waals surface area contributed by atoms with Gasteiger partial charge in [-0.1, -0.05) is 30.3 Å². The van der Waals surface area contributed by atoms with Crippen molar-refractivity contribution in [2.75, 3.05) is 13.1 Å². The number of hydrogen-bond donors (Lipinski definition) is 1. The highest BCUT2D eigenvalue weighted by Gasteiger charge is 2.22. The average Bonchev–Trinajstić information content (AvgIpc) is 3.24. The molecule has 1 N–H and O–H groups in total. The molecule has 24 heavy (non-hydrogen) atoms. The van der Waals surface area contributed by atoms with E-state index in [2.05, 4.69) is 48.6 Å². The van der Waals surface area contributed by atoms with E-state index in [1.807, 2.05) is 11.0 Å². The van der Waals surface area contributed by atoms with Crippen LogP contribution >= 0.6 is 11.3 Å². The molecular weight excluding hydrogens is 316 g/mol. The molecule has 0 aliphatic carbocycles. The molecule has 1 aromatic carbocycles. The van der Waals surface area contributed by atoms with Gasteiger partial charge in [0.25, 0.3) is 0 Å². The molecule has 0 bridgehead atoms. The molecular formula is C20H26N2OS. The number of thiophene rings is 1. The normalized spacial score (nSPS) is 17.1. The first kappa shape index (κ1) is 17.2. The number of benzene rings is 1. The molecule has 3 rings (SSSR count). The maximum atomic E-state index is 12.8. The Bertz CT molecular complexity index is 647. The summed E-state index contributed by atoms with van der Waals surface area (Å²) >= 11 is 1.79. The Balaban J connectivity index is 1.63. The molecule has 0 radical (unpaired) electrons. The minimum absolute atomic E-state index is 0.274. The minimum Gasteiger partial charge on any atom is -0.337 e. The second-order valence-corrected chi connectivity index (χ2v) is 7.93. The monoisotopic (exact) mass is 342 g/mol. The van der Waals surface area contributed by atoms with Crippen LogP contribution in [-0.4, -0.2) is 29.9 Å². The average molecular weight is 343 g/mol. The number of carbonyl (C=O) groups is 1. The van der Waals surface area contributed by atoms with Crippen LogP contribution in [0.15, 0.2) is 42.5 Å². The molecule has 1 aliphatic rings. The number of nitrogens with zero attached hydrogens (tertiary/aromatic N) is 1. The molecule has 2 aromatic rings. The predicted molar refractivity (Wildman–Crippen MR) is 100 cm³/mol. The highest BCUT2D eigenvalue weighted by molar-refractivity contribution is 7.11. The van der Waals surface area contributed by atoms with Crippen molar-refractivity contribution in [1.82, 2.24) is 10.2 Å². The van der Waals surface area contributed by atoms with Crippen LogP contribution in [0.5, 0.6) is 0 Å². The zero-order chi connectivity index (χ0) is 16.8. The Morgan fingerprint density at radius 3 is 2.75 bits per heavy atom. The fourth-order valence-electron chi connectivity index (χ4n) is 3.23.